The summed E-state index contributed by atoms with van der Waals surface area (Å²) in [7, 11) is 1.64. The number of rotatable bonds is 9. The van der Waals surface area contributed by atoms with E-state index < -0.39 is 0 Å². The summed E-state index contributed by atoms with van der Waals surface area (Å²) in [4.78, 5) is 28.2. The minimum absolute atomic E-state index is 0.0175. The van der Waals surface area contributed by atoms with E-state index >= 15 is 0 Å². The molecule has 2 amide bonds. The highest BCUT2D eigenvalue weighted by Crippen LogP contribution is 2.19. The average Bonchev–Trinajstić information content (AvgIpc) is 2.78. The Labute approximate surface area is 177 Å². The highest BCUT2D eigenvalue weighted by atomic mass is 16.5. The maximum atomic E-state index is 12.3. The van der Waals surface area contributed by atoms with Crippen LogP contribution in [0.5, 0.6) is 5.75 Å². The summed E-state index contributed by atoms with van der Waals surface area (Å²) in [5.41, 5.74) is 1.83. The molecule has 1 aliphatic heterocycles. The number of carbonyl (C=O) groups is 2. The lowest BCUT2D eigenvalue weighted by Crippen LogP contribution is -2.36. The molecule has 0 spiro atoms. The van der Waals surface area contributed by atoms with Crippen LogP contribution in [0.4, 0.5) is 11.4 Å². The van der Waals surface area contributed by atoms with Crippen LogP contribution in [0.2, 0.25) is 0 Å². The first-order valence-corrected chi connectivity index (χ1v) is 10.3. The molecule has 3 rings (SSSR count). The molecule has 1 saturated heterocycles. The van der Waals surface area contributed by atoms with E-state index in [-0.39, 0.29) is 18.4 Å². The monoisotopic (exact) mass is 411 g/mol. The third-order valence-electron chi connectivity index (χ3n) is 4.88. The normalized spacial score (nSPS) is 13.6. The van der Waals surface area contributed by atoms with Crippen LogP contribution < -0.4 is 15.0 Å². The molecule has 7 heteroatoms. The SMILES string of the molecule is CN(CC(=O)Nc1ccc(N2CCOCC2)cc1)C(=O)CCCOc1ccccc1. The molecule has 0 bridgehead atoms. The maximum absolute atomic E-state index is 12.3. The van der Waals surface area contributed by atoms with Crippen molar-refractivity contribution in [3.05, 3.63) is 54.6 Å². The Bertz CT molecular complexity index is 805. The van der Waals surface area contributed by atoms with Gasteiger partial charge in [0.05, 0.1) is 26.4 Å². The number of nitrogens with one attached hydrogen (secondary N) is 1. The molecular formula is C23H29N3O4. The van der Waals surface area contributed by atoms with Gasteiger partial charge >= 0.3 is 0 Å². The second-order valence-corrected chi connectivity index (χ2v) is 7.21. The molecule has 0 unspecified atom stereocenters. The van der Waals surface area contributed by atoms with Crippen molar-refractivity contribution in [2.75, 3.05) is 56.7 Å². The lowest BCUT2D eigenvalue weighted by Gasteiger charge is -2.28. The van der Waals surface area contributed by atoms with Crippen molar-refractivity contribution in [3.63, 3.8) is 0 Å². The minimum Gasteiger partial charge on any atom is -0.494 e. The van der Waals surface area contributed by atoms with Gasteiger partial charge in [-0.05, 0) is 42.8 Å². The number of hydrogen-bond donors (Lipinski definition) is 1. The highest BCUT2D eigenvalue weighted by Gasteiger charge is 2.14. The van der Waals surface area contributed by atoms with E-state index in [4.69, 9.17) is 9.47 Å². The molecule has 1 heterocycles. The third-order valence-corrected chi connectivity index (χ3v) is 4.88. The Morgan fingerprint density at radius 3 is 2.47 bits per heavy atom. The Kier molecular flexibility index (Phi) is 8.09. The number of benzene rings is 2. The van der Waals surface area contributed by atoms with Crippen LogP contribution in [-0.2, 0) is 14.3 Å². The molecule has 0 saturated carbocycles. The fourth-order valence-electron chi connectivity index (χ4n) is 3.20. The van der Waals surface area contributed by atoms with E-state index in [0.717, 1.165) is 37.7 Å². The number of amides is 2. The van der Waals surface area contributed by atoms with Crippen LogP contribution >= 0.6 is 0 Å². The van der Waals surface area contributed by atoms with E-state index in [9.17, 15) is 9.59 Å². The van der Waals surface area contributed by atoms with Gasteiger partial charge in [-0.2, -0.15) is 0 Å². The predicted octanol–water partition coefficient (Wildman–Crippen LogP) is 2.78. The van der Waals surface area contributed by atoms with E-state index in [2.05, 4.69) is 10.2 Å². The molecule has 1 fully saturated rings. The van der Waals surface area contributed by atoms with Gasteiger partial charge in [-0.25, -0.2) is 0 Å². The molecule has 7 nitrogen and oxygen atoms in total. The van der Waals surface area contributed by atoms with Crippen molar-refractivity contribution in [3.8, 4) is 5.75 Å². The number of para-hydroxylation sites is 1. The minimum atomic E-state index is -0.217. The Morgan fingerprint density at radius 1 is 1.07 bits per heavy atom. The van der Waals surface area contributed by atoms with Crippen molar-refractivity contribution < 1.29 is 19.1 Å². The van der Waals surface area contributed by atoms with Crippen LogP contribution in [0.1, 0.15) is 12.8 Å². The largest absolute Gasteiger partial charge is 0.494 e. The van der Waals surface area contributed by atoms with Gasteiger partial charge in [0.1, 0.15) is 5.75 Å². The summed E-state index contributed by atoms with van der Waals surface area (Å²) in [6.07, 6.45) is 0.938. The molecule has 0 aromatic heterocycles. The van der Waals surface area contributed by atoms with Crippen LogP contribution in [0, 0.1) is 0 Å². The summed E-state index contributed by atoms with van der Waals surface area (Å²) in [6.45, 7) is 3.69. The third kappa shape index (κ3) is 6.77. The summed E-state index contributed by atoms with van der Waals surface area (Å²) >= 11 is 0. The van der Waals surface area contributed by atoms with Gasteiger partial charge in [-0.3, -0.25) is 9.59 Å². The van der Waals surface area contributed by atoms with Crippen molar-refractivity contribution in [2.45, 2.75) is 12.8 Å². The van der Waals surface area contributed by atoms with Crippen molar-refractivity contribution in [2.24, 2.45) is 0 Å². The molecule has 2 aromatic rings. The Balaban J connectivity index is 1.36. The zero-order chi connectivity index (χ0) is 21.2. The number of morpholine rings is 1. The van der Waals surface area contributed by atoms with Gasteiger partial charge in [0.15, 0.2) is 0 Å². The number of ether oxygens (including phenoxy) is 2. The average molecular weight is 412 g/mol. The van der Waals surface area contributed by atoms with E-state index in [1.54, 1.807) is 7.05 Å². The second-order valence-electron chi connectivity index (χ2n) is 7.21. The topological polar surface area (TPSA) is 71.1 Å². The summed E-state index contributed by atoms with van der Waals surface area (Å²) in [5.74, 6) is 0.493. The van der Waals surface area contributed by atoms with Gasteiger partial charge < -0.3 is 24.6 Å². The number of hydrogen-bond acceptors (Lipinski definition) is 5. The second kappa shape index (κ2) is 11.2. The zero-order valence-corrected chi connectivity index (χ0v) is 17.4. The fraction of sp³-hybridized carbons (Fsp3) is 0.391. The molecule has 1 aliphatic rings. The zero-order valence-electron chi connectivity index (χ0n) is 17.4. The van der Waals surface area contributed by atoms with E-state index in [1.165, 1.54) is 4.90 Å². The molecule has 0 atom stereocenters. The smallest absolute Gasteiger partial charge is 0.243 e. The first kappa shape index (κ1) is 21.6. The summed E-state index contributed by atoms with van der Waals surface area (Å²) in [6, 6.07) is 17.2. The molecule has 0 aliphatic carbocycles. The number of likely N-dealkylation sites (N-methyl/N-ethyl adjacent to an activating group) is 1. The number of nitrogens with zero attached hydrogens (tertiary/aromatic N) is 2. The predicted molar refractivity (Wildman–Crippen MR) is 117 cm³/mol. The number of anilines is 2. The molecule has 160 valence electrons. The standard InChI is InChI=1S/C23H29N3O4/c1-25(23(28)8-5-15-30-21-6-3-2-4-7-21)18-22(27)24-19-9-11-20(12-10-19)26-13-16-29-17-14-26/h2-4,6-7,9-12H,5,8,13-18H2,1H3,(H,24,27). The van der Waals surface area contributed by atoms with Crippen molar-refractivity contribution >= 4 is 23.2 Å². The van der Waals surface area contributed by atoms with E-state index in [0.29, 0.717) is 25.1 Å². The highest BCUT2D eigenvalue weighted by molar-refractivity contribution is 5.94. The first-order chi connectivity index (χ1) is 14.6. The number of carbonyl (C=O) groups excluding carboxylic acids is 2. The summed E-state index contributed by atoms with van der Waals surface area (Å²) < 4.78 is 11.0. The van der Waals surface area contributed by atoms with Crippen molar-refractivity contribution in [1.82, 2.24) is 4.90 Å². The quantitative estimate of drug-likeness (QED) is 0.643. The van der Waals surface area contributed by atoms with E-state index in [1.807, 2.05) is 54.6 Å². The molecular weight excluding hydrogens is 382 g/mol. The van der Waals surface area contributed by atoms with Crippen LogP contribution in [0.15, 0.2) is 54.6 Å². The lowest BCUT2D eigenvalue weighted by molar-refractivity contribution is -0.133. The van der Waals surface area contributed by atoms with Gasteiger partial charge in [-0.15, -0.1) is 0 Å². The first-order valence-electron chi connectivity index (χ1n) is 10.3. The maximum Gasteiger partial charge on any atom is 0.243 e. The van der Waals surface area contributed by atoms with Crippen molar-refractivity contribution in [1.29, 1.82) is 0 Å². The van der Waals surface area contributed by atoms with Gasteiger partial charge in [-0.1, -0.05) is 18.2 Å². The van der Waals surface area contributed by atoms with Gasteiger partial charge in [0.2, 0.25) is 11.8 Å². The lowest BCUT2D eigenvalue weighted by atomic mass is 10.2. The fourth-order valence-corrected chi connectivity index (χ4v) is 3.20. The summed E-state index contributed by atoms with van der Waals surface area (Å²) in [5, 5.41) is 2.85. The molecule has 1 N–H and O–H groups in total. The van der Waals surface area contributed by atoms with Gasteiger partial charge in [0, 0.05) is 37.9 Å². The van der Waals surface area contributed by atoms with Gasteiger partial charge in [0.25, 0.3) is 0 Å². The van der Waals surface area contributed by atoms with Crippen LogP contribution in [0.25, 0.3) is 0 Å². The molecule has 2 aromatic carbocycles. The molecule has 0 radical (unpaired) electrons. The van der Waals surface area contributed by atoms with Crippen LogP contribution in [-0.4, -0.2) is 63.2 Å². The Hall–Kier alpha value is -3.06. The van der Waals surface area contributed by atoms with Crippen LogP contribution in [0.3, 0.4) is 0 Å². The Morgan fingerprint density at radius 2 is 1.77 bits per heavy atom. The molecule has 30 heavy (non-hydrogen) atoms.